The fraction of sp³-hybridized carbons (Fsp3) is 0.818. The van der Waals surface area contributed by atoms with Gasteiger partial charge in [-0.2, -0.15) is 11.8 Å². The molecule has 2 heterocycles. The first-order valence-electron chi connectivity index (χ1n) is 6.11. The average Bonchev–Trinajstić information content (AvgIpc) is 2.40. The van der Waals surface area contributed by atoms with Gasteiger partial charge in [0.1, 0.15) is 6.04 Å². The minimum atomic E-state index is -0.918. The molecular formula is C11H18N2O4S. The predicted molar refractivity (Wildman–Crippen MR) is 67.7 cm³/mol. The largest absolute Gasteiger partial charge is 0.480 e. The van der Waals surface area contributed by atoms with E-state index < -0.39 is 12.0 Å². The second-order valence-electron chi connectivity index (χ2n) is 4.42. The van der Waals surface area contributed by atoms with Crippen LogP contribution in [0, 0.1) is 0 Å². The predicted octanol–water partition coefficient (Wildman–Crippen LogP) is -0.606. The Bertz CT molecular complexity index is 320. The van der Waals surface area contributed by atoms with E-state index in [2.05, 4.69) is 5.32 Å². The summed E-state index contributed by atoms with van der Waals surface area (Å²) in [5.74, 6) is 0.249. The third-order valence-corrected chi connectivity index (χ3v) is 4.16. The number of aliphatic carboxylic acids is 1. The quantitative estimate of drug-likeness (QED) is 0.715. The topological polar surface area (TPSA) is 78.9 Å². The third kappa shape index (κ3) is 3.37. The fourth-order valence-electron chi connectivity index (χ4n) is 2.17. The van der Waals surface area contributed by atoms with Gasteiger partial charge in [0.2, 0.25) is 5.91 Å². The standard InChI is InChI=1S/C11H18N2O4S/c14-10(5-8-6-12-1-3-17-8)13-2-4-18-7-9(13)11(15)16/h8-9,12H,1-7H2,(H,15,16). The zero-order valence-corrected chi connectivity index (χ0v) is 10.9. The van der Waals surface area contributed by atoms with Gasteiger partial charge in [0.15, 0.2) is 0 Å². The Hall–Kier alpha value is -0.790. The second-order valence-corrected chi connectivity index (χ2v) is 5.57. The fourth-order valence-corrected chi connectivity index (χ4v) is 3.21. The lowest BCUT2D eigenvalue weighted by Gasteiger charge is -2.34. The van der Waals surface area contributed by atoms with Crippen LogP contribution in [-0.4, -0.2) is 71.8 Å². The normalized spacial score (nSPS) is 29.0. The zero-order valence-electron chi connectivity index (χ0n) is 10.1. The zero-order chi connectivity index (χ0) is 13.0. The van der Waals surface area contributed by atoms with Crippen LogP contribution in [0.25, 0.3) is 0 Å². The molecule has 0 bridgehead atoms. The Morgan fingerprint density at radius 2 is 2.33 bits per heavy atom. The molecule has 2 aliphatic heterocycles. The van der Waals surface area contributed by atoms with Crippen LogP contribution >= 0.6 is 11.8 Å². The van der Waals surface area contributed by atoms with Crippen molar-refractivity contribution in [3.05, 3.63) is 0 Å². The van der Waals surface area contributed by atoms with E-state index in [1.54, 1.807) is 11.8 Å². The summed E-state index contributed by atoms with van der Waals surface area (Å²) in [4.78, 5) is 24.7. The number of carbonyl (C=O) groups excluding carboxylic acids is 1. The van der Waals surface area contributed by atoms with Crippen molar-refractivity contribution >= 4 is 23.6 Å². The van der Waals surface area contributed by atoms with E-state index in [0.29, 0.717) is 25.4 Å². The van der Waals surface area contributed by atoms with Crippen LogP contribution in [0.2, 0.25) is 0 Å². The van der Waals surface area contributed by atoms with Crippen molar-refractivity contribution < 1.29 is 19.4 Å². The van der Waals surface area contributed by atoms with E-state index in [1.165, 1.54) is 4.90 Å². The molecule has 0 aromatic rings. The van der Waals surface area contributed by atoms with Gasteiger partial charge in [-0.25, -0.2) is 4.79 Å². The van der Waals surface area contributed by atoms with Crippen molar-refractivity contribution in [2.24, 2.45) is 0 Å². The summed E-state index contributed by atoms with van der Waals surface area (Å²) in [5, 5.41) is 12.3. The Morgan fingerprint density at radius 1 is 1.50 bits per heavy atom. The van der Waals surface area contributed by atoms with Gasteiger partial charge in [0.25, 0.3) is 0 Å². The number of carbonyl (C=O) groups is 2. The highest BCUT2D eigenvalue weighted by Crippen LogP contribution is 2.18. The smallest absolute Gasteiger partial charge is 0.327 e. The molecule has 2 unspecified atom stereocenters. The first-order valence-corrected chi connectivity index (χ1v) is 7.26. The van der Waals surface area contributed by atoms with Gasteiger partial charge in [0.05, 0.1) is 19.1 Å². The van der Waals surface area contributed by atoms with Crippen molar-refractivity contribution in [2.45, 2.75) is 18.6 Å². The molecule has 0 radical (unpaired) electrons. The Labute approximate surface area is 110 Å². The second kappa shape index (κ2) is 6.40. The molecule has 6 nitrogen and oxygen atoms in total. The highest BCUT2D eigenvalue weighted by Gasteiger charge is 2.33. The molecule has 0 aromatic carbocycles. The van der Waals surface area contributed by atoms with E-state index in [-0.39, 0.29) is 18.4 Å². The van der Waals surface area contributed by atoms with Crippen molar-refractivity contribution in [3.8, 4) is 0 Å². The SMILES string of the molecule is O=C(O)C1CSCCN1C(=O)CC1CNCCO1. The maximum atomic E-state index is 12.1. The lowest BCUT2D eigenvalue weighted by molar-refractivity contribution is -0.150. The molecule has 0 saturated carbocycles. The van der Waals surface area contributed by atoms with Crippen molar-refractivity contribution in [1.82, 2.24) is 10.2 Å². The summed E-state index contributed by atoms with van der Waals surface area (Å²) in [5.41, 5.74) is 0. The van der Waals surface area contributed by atoms with Gasteiger partial charge in [-0.15, -0.1) is 0 Å². The molecule has 0 aliphatic carbocycles. The molecule has 7 heteroatoms. The average molecular weight is 274 g/mol. The lowest BCUT2D eigenvalue weighted by Crippen LogP contribution is -2.52. The van der Waals surface area contributed by atoms with Crippen LogP contribution in [0.5, 0.6) is 0 Å². The Kier molecular flexibility index (Phi) is 4.85. The van der Waals surface area contributed by atoms with Crippen LogP contribution in [0.1, 0.15) is 6.42 Å². The molecule has 0 spiro atoms. The minimum Gasteiger partial charge on any atom is -0.480 e. The summed E-state index contributed by atoms with van der Waals surface area (Å²) in [6, 6.07) is -0.687. The van der Waals surface area contributed by atoms with E-state index >= 15 is 0 Å². The van der Waals surface area contributed by atoms with Crippen LogP contribution in [-0.2, 0) is 14.3 Å². The number of rotatable bonds is 3. The molecule has 18 heavy (non-hydrogen) atoms. The first kappa shape index (κ1) is 13.6. The third-order valence-electron chi connectivity index (χ3n) is 3.14. The van der Waals surface area contributed by atoms with Gasteiger partial charge in [-0.3, -0.25) is 4.79 Å². The molecular weight excluding hydrogens is 256 g/mol. The van der Waals surface area contributed by atoms with Gasteiger partial charge in [0, 0.05) is 31.1 Å². The Morgan fingerprint density at radius 3 is 3.00 bits per heavy atom. The molecule has 2 atom stereocenters. The summed E-state index contributed by atoms with van der Waals surface area (Å²) in [6.07, 6.45) is 0.136. The molecule has 102 valence electrons. The van der Waals surface area contributed by atoms with Gasteiger partial charge >= 0.3 is 5.97 Å². The number of amides is 1. The number of nitrogens with zero attached hydrogens (tertiary/aromatic N) is 1. The number of ether oxygens (including phenoxy) is 1. The van der Waals surface area contributed by atoms with Gasteiger partial charge < -0.3 is 20.1 Å². The summed E-state index contributed by atoms with van der Waals surface area (Å²) < 4.78 is 5.47. The van der Waals surface area contributed by atoms with E-state index in [1.807, 2.05) is 0 Å². The number of thioether (sulfide) groups is 1. The molecule has 1 amide bonds. The Balaban J connectivity index is 1.91. The molecule has 2 N–H and O–H groups in total. The maximum absolute atomic E-state index is 12.1. The highest BCUT2D eigenvalue weighted by atomic mass is 32.2. The van der Waals surface area contributed by atoms with Crippen LogP contribution in [0.4, 0.5) is 0 Å². The van der Waals surface area contributed by atoms with Crippen LogP contribution in [0.3, 0.4) is 0 Å². The number of carboxylic acids is 1. The monoisotopic (exact) mass is 274 g/mol. The summed E-state index contributed by atoms with van der Waals surface area (Å²) >= 11 is 1.58. The first-order chi connectivity index (χ1) is 8.68. The molecule has 2 fully saturated rings. The van der Waals surface area contributed by atoms with Crippen LogP contribution in [0.15, 0.2) is 0 Å². The minimum absolute atomic E-state index is 0.114. The maximum Gasteiger partial charge on any atom is 0.327 e. The number of nitrogens with one attached hydrogen (secondary N) is 1. The van der Waals surface area contributed by atoms with Crippen molar-refractivity contribution in [1.29, 1.82) is 0 Å². The molecule has 2 rings (SSSR count). The van der Waals surface area contributed by atoms with Crippen LogP contribution < -0.4 is 5.32 Å². The number of hydrogen-bond acceptors (Lipinski definition) is 5. The molecule has 2 aliphatic rings. The highest BCUT2D eigenvalue weighted by molar-refractivity contribution is 7.99. The van der Waals surface area contributed by atoms with Crippen molar-refractivity contribution in [2.75, 3.05) is 37.7 Å². The van der Waals surface area contributed by atoms with Crippen molar-refractivity contribution in [3.63, 3.8) is 0 Å². The summed E-state index contributed by atoms with van der Waals surface area (Å²) in [6.45, 7) is 2.59. The van der Waals surface area contributed by atoms with Gasteiger partial charge in [-0.1, -0.05) is 0 Å². The van der Waals surface area contributed by atoms with E-state index in [9.17, 15) is 9.59 Å². The number of hydrogen-bond donors (Lipinski definition) is 2. The lowest BCUT2D eigenvalue weighted by atomic mass is 10.1. The van der Waals surface area contributed by atoms with E-state index in [4.69, 9.17) is 9.84 Å². The molecule has 0 aromatic heterocycles. The summed E-state index contributed by atoms with van der Waals surface area (Å²) in [7, 11) is 0. The number of morpholine rings is 1. The number of carboxylic acid groups (broad SMARTS) is 1. The van der Waals surface area contributed by atoms with Gasteiger partial charge in [-0.05, 0) is 0 Å². The van der Waals surface area contributed by atoms with E-state index in [0.717, 1.165) is 12.3 Å². The molecule has 2 saturated heterocycles.